The van der Waals surface area contributed by atoms with Crippen molar-refractivity contribution in [3.05, 3.63) is 77.1 Å². The topological polar surface area (TPSA) is 148 Å². The van der Waals surface area contributed by atoms with Crippen molar-refractivity contribution in [1.82, 2.24) is 10.6 Å². The number of para-hydroxylation sites is 1. The van der Waals surface area contributed by atoms with Gasteiger partial charge in [-0.3, -0.25) is 9.59 Å². The van der Waals surface area contributed by atoms with E-state index in [1.54, 1.807) is 26.0 Å². The number of allylic oxidation sites excluding steroid dienone is 3. The van der Waals surface area contributed by atoms with Crippen molar-refractivity contribution in [2.75, 3.05) is 29.9 Å². The average molecular weight is 669 g/mol. The van der Waals surface area contributed by atoms with Crippen molar-refractivity contribution in [1.29, 1.82) is 0 Å². The van der Waals surface area contributed by atoms with Gasteiger partial charge in [-0.2, -0.15) is 8.42 Å². The fraction of sp³-hybridized carbons (Fsp3) is 0.457. The molecule has 2 aliphatic rings. The highest BCUT2D eigenvalue weighted by atomic mass is 32.2. The van der Waals surface area contributed by atoms with Gasteiger partial charge in [0.25, 0.3) is 0 Å². The molecular formula is C35H45FN4O6S. The molecule has 1 heterocycles. The molecule has 10 nitrogen and oxygen atoms in total. The maximum atomic E-state index is 14.3. The number of aryl methyl sites for hydroxylation is 1. The molecule has 4 rings (SSSR count). The van der Waals surface area contributed by atoms with Crippen LogP contribution in [0, 0.1) is 5.82 Å². The summed E-state index contributed by atoms with van der Waals surface area (Å²) >= 11 is 0. The number of hydrogen-bond donors (Lipinski definition) is 5. The van der Waals surface area contributed by atoms with Crippen LogP contribution in [0.4, 0.5) is 15.8 Å². The van der Waals surface area contributed by atoms with Crippen LogP contribution in [-0.4, -0.2) is 78.2 Å². The van der Waals surface area contributed by atoms with Crippen molar-refractivity contribution < 1.29 is 32.6 Å². The molecule has 5 N–H and O–H groups in total. The molecule has 2 aromatic carbocycles. The normalized spacial score (nSPS) is 17.7. The molecule has 47 heavy (non-hydrogen) atoms. The third-order valence-electron chi connectivity index (χ3n) is 8.03. The van der Waals surface area contributed by atoms with Gasteiger partial charge in [-0.15, -0.1) is 0 Å². The average Bonchev–Trinajstić information content (AvgIpc) is 3.11. The summed E-state index contributed by atoms with van der Waals surface area (Å²) in [6.07, 6.45) is 3.26. The lowest BCUT2D eigenvalue weighted by molar-refractivity contribution is -0.128. The molecular weight excluding hydrogens is 623 g/mol. The molecule has 0 fully saturated rings. The Morgan fingerprint density at radius 1 is 1.11 bits per heavy atom. The van der Waals surface area contributed by atoms with Gasteiger partial charge >= 0.3 is 0 Å². The predicted octanol–water partition coefficient (Wildman–Crippen LogP) is 3.38. The molecule has 12 heteroatoms. The van der Waals surface area contributed by atoms with Crippen molar-refractivity contribution in [2.24, 2.45) is 0 Å². The van der Waals surface area contributed by atoms with Gasteiger partial charge in [-0.25, -0.2) is 4.39 Å². The zero-order chi connectivity index (χ0) is 34.5. The van der Waals surface area contributed by atoms with E-state index >= 15 is 0 Å². The summed E-state index contributed by atoms with van der Waals surface area (Å²) in [5.41, 5.74) is 2.89. The Kier molecular flexibility index (Phi) is 11.4. The summed E-state index contributed by atoms with van der Waals surface area (Å²) in [7, 11) is -2.55. The maximum absolute atomic E-state index is 14.3. The van der Waals surface area contributed by atoms with Crippen LogP contribution in [0.2, 0.25) is 0 Å². The zero-order valence-electron chi connectivity index (χ0n) is 27.6. The Balaban J connectivity index is 1.62. The second-order valence-corrected chi connectivity index (χ2v) is 14.8. The number of carbonyl (C=O) groups is 2. The lowest BCUT2D eigenvalue weighted by Gasteiger charge is -2.30. The number of aliphatic hydroxyl groups excluding tert-OH is 2. The van der Waals surface area contributed by atoms with Crippen molar-refractivity contribution in [2.45, 2.75) is 83.5 Å². The lowest BCUT2D eigenvalue weighted by atomic mass is 9.91. The SMILES string of the molecule is CC(C)(C)Nc1ccccc1C1=CC=C(CN2C(=O)[C@H](NC(=O)CC(C)(C)NC[C@H](O)CO)CCc3cc(F)ccc32)CC1=S(=O)=O. The van der Waals surface area contributed by atoms with Crippen LogP contribution in [0.25, 0.3) is 5.57 Å². The van der Waals surface area contributed by atoms with E-state index in [-0.39, 0.29) is 54.6 Å². The fourth-order valence-electron chi connectivity index (χ4n) is 5.80. The minimum absolute atomic E-state index is 0.00555. The molecule has 0 bridgehead atoms. The number of anilines is 2. The first-order valence-corrected chi connectivity index (χ1v) is 16.8. The van der Waals surface area contributed by atoms with Crippen molar-refractivity contribution in [3.8, 4) is 0 Å². The molecule has 1 aliphatic carbocycles. The van der Waals surface area contributed by atoms with Crippen molar-refractivity contribution >= 4 is 43.9 Å². The van der Waals surface area contributed by atoms with Gasteiger partial charge in [0.1, 0.15) is 11.9 Å². The molecule has 0 saturated heterocycles. The van der Waals surface area contributed by atoms with Crippen LogP contribution in [0.15, 0.2) is 60.2 Å². The number of halogens is 1. The molecule has 2 atom stereocenters. The van der Waals surface area contributed by atoms with E-state index in [0.717, 1.165) is 11.3 Å². The van der Waals surface area contributed by atoms with E-state index in [0.29, 0.717) is 28.8 Å². The number of amides is 2. The Morgan fingerprint density at radius 2 is 1.83 bits per heavy atom. The summed E-state index contributed by atoms with van der Waals surface area (Å²) in [6.45, 7) is 9.34. The number of β-amino-alcohol motifs (C(OH)–C–C–N with tert-alkyl or cyclic N) is 1. The maximum Gasteiger partial charge on any atom is 0.249 e. The number of nitrogens with zero attached hydrogens (tertiary/aromatic N) is 1. The van der Waals surface area contributed by atoms with E-state index in [4.69, 9.17) is 5.11 Å². The number of rotatable bonds is 11. The van der Waals surface area contributed by atoms with E-state index < -0.39 is 40.4 Å². The van der Waals surface area contributed by atoms with E-state index in [1.165, 1.54) is 17.0 Å². The highest BCUT2D eigenvalue weighted by molar-refractivity contribution is 7.74. The van der Waals surface area contributed by atoms with Crippen LogP contribution in [0.1, 0.15) is 65.0 Å². The standard InChI is InChI=1S/C35H45FN4O6S/c1-34(2,3)39-28-9-7-6-8-26(28)27-13-10-22(16-31(27)47(45)46)20-40-30-15-12-24(36)17-23(30)11-14-29(33(40)44)38-32(43)18-35(4,5)37-19-25(42)21-41/h6-10,12-13,15,17,25,29,37,39,41-42H,11,14,16,18-21H2,1-5H3,(H,38,43)/t25-,29+/m0/s1. The number of nitrogens with one attached hydrogen (secondary N) is 3. The Bertz CT molecular complexity index is 1700. The van der Waals surface area contributed by atoms with Gasteiger partial charge in [-0.1, -0.05) is 30.4 Å². The van der Waals surface area contributed by atoms with Crippen LogP contribution in [0.3, 0.4) is 0 Å². The highest BCUT2D eigenvalue weighted by Crippen LogP contribution is 2.34. The van der Waals surface area contributed by atoms with Crippen LogP contribution < -0.4 is 20.9 Å². The monoisotopic (exact) mass is 668 g/mol. The van der Waals surface area contributed by atoms with E-state index in [1.807, 2.05) is 51.1 Å². The fourth-order valence-corrected chi connectivity index (χ4v) is 6.46. The quantitative estimate of drug-likeness (QED) is 0.229. The van der Waals surface area contributed by atoms with Crippen LogP contribution >= 0.6 is 0 Å². The zero-order valence-corrected chi connectivity index (χ0v) is 28.4. The second-order valence-electron chi connectivity index (χ2n) is 13.8. The van der Waals surface area contributed by atoms with E-state index in [2.05, 4.69) is 16.0 Å². The summed E-state index contributed by atoms with van der Waals surface area (Å²) in [5, 5.41) is 28.1. The molecule has 0 unspecified atom stereocenters. The smallest absolute Gasteiger partial charge is 0.249 e. The second kappa shape index (κ2) is 14.9. The number of benzene rings is 2. The van der Waals surface area contributed by atoms with Gasteiger partial charge in [0.2, 0.25) is 22.1 Å². The summed E-state index contributed by atoms with van der Waals surface area (Å²) < 4.78 is 39.5. The number of hydrogen-bond acceptors (Lipinski definition) is 8. The summed E-state index contributed by atoms with van der Waals surface area (Å²) in [4.78, 5) is 28.9. The third-order valence-corrected chi connectivity index (χ3v) is 8.79. The molecule has 1 aliphatic heterocycles. The number of fused-ring (bicyclic) bond motifs is 1. The molecule has 0 spiro atoms. The number of carbonyl (C=O) groups excluding carboxylic acids is 2. The van der Waals surface area contributed by atoms with Gasteiger partial charge in [0.05, 0.1) is 17.6 Å². The molecule has 0 radical (unpaired) electrons. The molecule has 254 valence electrons. The summed E-state index contributed by atoms with van der Waals surface area (Å²) in [5.74, 6) is -1.22. The van der Waals surface area contributed by atoms with Crippen LogP contribution in [-0.2, 0) is 26.3 Å². The Hall–Kier alpha value is -3.84. The van der Waals surface area contributed by atoms with E-state index in [9.17, 15) is 27.5 Å². The first kappa shape index (κ1) is 36.0. The minimum Gasteiger partial charge on any atom is -0.394 e. The molecule has 2 amide bonds. The van der Waals surface area contributed by atoms with Gasteiger partial charge in [0.15, 0.2) is 0 Å². The molecule has 0 saturated carbocycles. The molecule has 2 aromatic rings. The third kappa shape index (κ3) is 9.60. The predicted molar refractivity (Wildman–Crippen MR) is 183 cm³/mol. The Labute approximate surface area is 277 Å². The Morgan fingerprint density at radius 3 is 2.51 bits per heavy atom. The van der Waals surface area contributed by atoms with Gasteiger partial charge in [0, 0.05) is 59.5 Å². The van der Waals surface area contributed by atoms with Crippen LogP contribution in [0.5, 0.6) is 0 Å². The molecule has 0 aromatic heterocycles. The first-order chi connectivity index (χ1) is 22.1. The summed E-state index contributed by atoms with van der Waals surface area (Å²) in [6, 6.07) is 10.8. The van der Waals surface area contributed by atoms with Gasteiger partial charge in [-0.05, 0) is 82.9 Å². The minimum atomic E-state index is -2.55. The van der Waals surface area contributed by atoms with Gasteiger partial charge < -0.3 is 31.1 Å². The number of aliphatic hydroxyl groups is 2. The largest absolute Gasteiger partial charge is 0.394 e. The highest BCUT2D eigenvalue weighted by Gasteiger charge is 2.34. The van der Waals surface area contributed by atoms with Crippen molar-refractivity contribution in [3.63, 3.8) is 0 Å². The first-order valence-electron chi connectivity index (χ1n) is 15.7. The lowest BCUT2D eigenvalue weighted by Crippen LogP contribution is -2.52.